The highest BCUT2D eigenvalue weighted by atomic mass is 16.3. The smallest absolute Gasteiger partial charge is 0.0695 e. The van der Waals surface area contributed by atoms with Gasteiger partial charge in [0.05, 0.1) is 6.10 Å². The Balaban J connectivity index is 2.59. The summed E-state index contributed by atoms with van der Waals surface area (Å²) in [5.41, 5.74) is 0.363. The number of likely N-dealkylation sites (N-methyl/N-ethyl adjacent to an activating group) is 1. The molecule has 0 bridgehead atoms. The molecule has 0 radical (unpaired) electrons. The molecule has 1 rings (SSSR count). The zero-order valence-electron chi connectivity index (χ0n) is 14.5. The molecule has 3 atom stereocenters. The van der Waals surface area contributed by atoms with Crippen LogP contribution in [0.15, 0.2) is 0 Å². The third-order valence-corrected chi connectivity index (χ3v) is 4.93. The average molecular weight is 284 g/mol. The van der Waals surface area contributed by atoms with Crippen LogP contribution in [0.4, 0.5) is 0 Å². The van der Waals surface area contributed by atoms with Gasteiger partial charge in [0.2, 0.25) is 0 Å². The number of aliphatic hydroxyl groups is 1. The Hall–Kier alpha value is -0.120. The summed E-state index contributed by atoms with van der Waals surface area (Å²) in [5.74, 6) is 0.735. The van der Waals surface area contributed by atoms with Crippen LogP contribution in [0, 0.1) is 11.3 Å². The predicted molar refractivity (Wildman–Crippen MR) is 87.0 cm³/mol. The highest BCUT2D eigenvalue weighted by molar-refractivity contribution is 4.90. The van der Waals surface area contributed by atoms with Gasteiger partial charge in [-0.05, 0) is 70.7 Å². The maximum absolute atomic E-state index is 10.4. The Morgan fingerprint density at radius 2 is 1.75 bits per heavy atom. The number of nitrogens with zero attached hydrogens (tertiary/aromatic N) is 2. The zero-order chi connectivity index (χ0) is 15.3. The molecule has 20 heavy (non-hydrogen) atoms. The fourth-order valence-electron chi connectivity index (χ4n) is 3.46. The van der Waals surface area contributed by atoms with Crippen LogP contribution < -0.4 is 0 Å². The van der Waals surface area contributed by atoms with E-state index in [9.17, 15) is 5.11 Å². The Labute approximate surface area is 126 Å². The lowest BCUT2D eigenvalue weighted by molar-refractivity contribution is -0.0160. The van der Waals surface area contributed by atoms with Gasteiger partial charge in [-0.25, -0.2) is 0 Å². The lowest BCUT2D eigenvalue weighted by Gasteiger charge is -2.44. The van der Waals surface area contributed by atoms with E-state index in [0.717, 1.165) is 38.4 Å². The molecule has 0 saturated heterocycles. The number of aliphatic hydroxyl groups excluding tert-OH is 1. The fourth-order valence-corrected chi connectivity index (χ4v) is 3.46. The van der Waals surface area contributed by atoms with Crippen LogP contribution in [-0.2, 0) is 0 Å². The second-order valence-corrected chi connectivity index (χ2v) is 7.80. The summed E-state index contributed by atoms with van der Waals surface area (Å²) in [6.07, 6.45) is 4.35. The van der Waals surface area contributed by atoms with Crippen LogP contribution in [0.1, 0.15) is 53.4 Å². The summed E-state index contributed by atoms with van der Waals surface area (Å²) in [6, 6.07) is 0.361. The van der Waals surface area contributed by atoms with Crippen molar-refractivity contribution >= 4 is 0 Å². The molecular weight excluding hydrogens is 248 g/mol. The molecule has 0 aromatic carbocycles. The van der Waals surface area contributed by atoms with Crippen LogP contribution in [0.2, 0.25) is 0 Å². The highest BCUT2D eigenvalue weighted by Crippen LogP contribution is 2.39. The SMILES string of the molecule is CCN(CCCN(C)C)C1CC(C(C)(C)C)CCC1O. The summed E-state index contributed by atoms with van der Waals surface area (Å²) in [7, 11) is 4.25. The van der Waals surface area contributed by atoms with E-state index in [0.29, 0.717) is 11.5 Å². The molecule has 3 nitrogen and oxygen atoms in total. The number of hydrogen-bond donors (Lipinski definition) is 1. The van der Waals surface area contributed by atoms with Gasteiger partial charge in [-0.1, -0.05) is 27.7 Å². The molecule has 3 unspecified atom stereocenters. The second-order valence-electron chi connectivity index (χ2n) is 7.80. The average Bonchev–Trinajstić information content (AvgIpc) is 2.34. The second kappa shape index (κ2) is 7.77. The molecule has 1 fully saturated rings. The van der Waals surface area contributed by atoms with Crippen molar-refractivity contribution in [3.05, 3.63) is 0 Å². The highest BCUT2D eigenvalue weighted by Gasteiger charge is 2.37. The van der Waals surface area contributed by atoms with Crippen molar-refractivity contribution in [3.63, 3.8) is 0 Å². The van der Waals surface area contributed by atoms with Gasteiger partial charge >= 0.3 is 0 Å². The third kappa shape index (κ3) is 5.34. The first kappa shape index (κ1) is 17.9. The minimum absolute atomic E-state index is 0.132. The molecule has 0 spiro atoms. The number of hydrogen-bond acceptors (Lipinski definition) is 3. The minimum atomic E-state index is -0.132. The van der Waals surface area contributed by atoms with Crippen molar-refractivity contribution in [3.8, 4) is 0 Å². The summed E-state index contributed by atoms with van der Waals surface area (Å²) in [6.45, 7) is 12.5. The zero-order valence-corrected chi connectivity index (χ0v) is 14.5. The van der Waals surface area contributed by atoms with Crippen molar-refractivity contribution in [2.45, 2.75) is 65.5 Å². The van der Waals surface area contributed by atoms with Gasteiger partial charge < -0.3 is 10.0 Å². The van der Waals surface area contributed by atoms with Gasteiger partial charge in [-0.15, -0.1) is 0 Å². The standard InChI is InChI=1S/C17H36N2O/c1-7-19(12-8-11-18(5)6)15-13-14(17(2,3)4)9-10-16(15)20/h14-16,20H,7-13H2,1-6H3. The van der Waals surface area contributed by atoms with Crippen molar-refractivity contribution in [1.82, 2.24) is 9.80 Å². The third-order valence-electron chi connectivity index (χ3n) is 4.93. The molecular formula is C17H36N2O. The molecule has 1 aliphatic rings. The van der Waals surface area contributed by atoms with Gasteiger partial charge in [-0.3, -0.25) is 4.90 Å². The first-order valence-corrected chi connectivity index (χ1v) is 8.32. The number of rotatable bonds is 6. The first-order valence-electron chi connectivity index (χ1n) is 8.32. The minimum Gasteiger partial charge on any atom is -0.391 e. The molecule has 0 aromatic heterocycles. The van der Waals surface area contributed by atoms with E-state index in [1.165, 1.54) is 12.8 Å². The van der Waals surface area contributed by atoms with Gasteiger partial charge in [0, 0.05) is 6.04 Å². The van der Waals surface area contributed by atoms with E-state index < -0.39 is 0 Å². The Morgan fingerprint density at radius 3 is 2.25 bits per heavy atom. The van der Waals surface area contributed by atoms with Gasteiger partial charge in [0.15, 0.2) is 0 Å². The Bertz CT molecular complexity index is 273. The van der Waals surface area contributed by atoms with E-state index in [4.69, 9.17) is 0 Å². The van der Waals surface area contributed by atoms with Gasteiger partial charge in [-0.2, -0.15) is 0 Å². The van der Waals surface area contributed by atoms with Crippen molar-refractivity contribution < 1.29 is 5.11 Å². The maximum Gasteiger partial charge on any atom is 0.0695 e. The van der Waals surface area contributed by atoms with Crippen molar-refractivity contribution in [2.75, 3.05) is 33.7 Å². The van der Waals surface area contributed by atoms with E-state index in [2.05, 4.69) is 51.6 Å². The molecule has 120 valence electrons. The monoisotopic (exact) mass is 284 g/mol. The first-order chi connectivity index (χ1) is 9.25. The normalized spacial score (nSPS) is 28.4. The molecule has 3 heteroatoms. The van der Waals surface area contributed by atoms with E-state index in [1.54, 1.807) is 0 Å². The molecule has 0 amide bonds. The van der Waals surface area contributed by atoms with Crippen LogP contribution in [-0.4, -0.2) is 60.8 Å². The van der Waals surface area contributed by atoms with E-state index in [1.807, 2.05) is 0 Å². The Morgan fingerprint density at radius 1 is 1.10 bits per heavy atom. The lowest BCUT2D eigenvalue weighted by atomic mass is 9.70. The largest absolute Gasteiger partial charge is 0.391 e. The summed E-state index contributed by atoms with van der Waals surface area (Å²) in [4.78, 5) is 4.75. The van der Waals surface area contributed by atoms with E-state index >= 15 is 0 Å². The predicted octanol–water partition coefficient (Wildman–Crippen LogP) is 2.84. The van der Waals surface area contributed by atoms with Crippen molar-refractivity contribution in [1.29, 1.82) is 0 Å². The molecule has 1 saturated carbocycles. The quantitative estimate of drug-likeness (QED) is 0.812. The van der Waals surface area contributed by atoms with Crippen molar-refractivity contribution in [2.24, 2.45) is 11.3 Å². The summed E-state index contributed by atoms with van der Waals surface area (Å²) < 4.78 is 0. The molecule has 0 aliphatic heterocycles. The van der Waals surface area contributed by atoms with Gasteiger partial charge in [0.25, 0.3) is 0 Å². The Kier molecular flexibility index (Phi) is 6.96. The fraction of sp³-hybridized carbons (Fsp3) is 1.00. The molecule has 0 aromatic rings. The summed E-state index contributed by atoms with van der Waals surface area (Å²) in [5, 5.41) is 10.4. The molecule has 0 heterocycles. The topological polar surface area (TPSA) is 26.7 Å². The van der Waals surface area contributed by atoms with Crippen LogP contribution in [0.25, 0.3) is 0 Å². The maximum atomic E-state index is 10.4. The van der Waals surface area contributed by atoms with Crippen LogP contribution >= 0.6 is 0 Å². The summed E-state index contributed by atoms with van der Waals surface area (Å²) >= 11 is 0. The van der Waals surface area contributed by atoms with Gasteiger partial charge in [0.1, 0.15) is 0 Å². The van der Waals surface area contributed by atoms with Crippen LogP contribution in [0.3, 0.4) is 0 Å². The molecule has 1 N–H and O–H groups in total. The lowest BCUT2D eigenvalue weighted by Crippen LogP contribution is -2.49. The van der Waals surface area contributed by atoms with E-state index in [-0.39, 0.29) is 6.10 Å². The molecule has 1 aliphatic carbocycles. The van der Waals surface area contributed by atoms with Crippen LogP contribution in [0.5, 0.6) is 0 Å².